The van der Waals surface area contributed by atoms with Gasteiger partial charge in [0.1, 0.15) is 5.15 Å². The first-order valence-electron chi connectivity index (χ1n) is 4.70. The molecular weight excluding hydrogens is 289 g/mol. The number of rotatable bonds is 3. The highest BCUT2D eigenvalue weighted by Crippen LogP contribution is 2.12. The van der Waals surface area contributed by atoms with Crippen molar-refractivity contribution in [3.63, 3.8) is 0 Å². The molecule has 0 radical (unpaired) electrons. The lowest BCUT2D eigenvalue weighted by molar-refractivity contribution is 1.04. The largest absolute Gasteiger partial charge is 0.378 e. The maximum Gasteiger partial charge on any atom is 0.129 e. The molecule has 0 aromatic carbocycles. The summed E-state index contributed by atoms with van der Waals surface area (Å²) in [6.07, 6.45) is 3.47. The van der Waals surface area contributed by atoms with Crippen molar-refractivity contribution >= 4 is 33.2 Å². The zero-order chi connectivity index (χ0) is 11.4. The van der Waals surface area contributed by atoms with Crippen LogP contribution in [0.3, 0.4) is 0 Å². The van der Waals surface area contributed by atoms with E-state index in [0.717, 1.165) is 15.9 Å². The first-order chi connectivity index (χ1) is 7.74. The fourth-order valence-electron chi connectivity index (χ4n) is 1.18. The summed E-state index contributed by atoms with van der Waals surface area (Å²) < 4.78 is 0.976. The Morgan fingerprint density at radius 2 is 2.00 bits per heavy atom. The van der Waals surface area contributed by atoms with Crippen molar-refractivity contribution in [2.24, 2.45) is 0 Å². The maximum absolute atomic E-state index is 5.69. The van der Waals surface area contributed by atoms with E-state index < -0.39 is 0 Å². The van der Waals surface area contributed by atoms with Gasteiger partial charge in [0.05, 0.1) is 24.1 Å². The van der Waals surface area contributed by atoms with Crippen LogP contribution in [0.25, 0.3) is 0 Å². The lowest BCUT2D eigenvalue weighted by atomic mass is 10.3. The van der Waals surface area contributed by atoms with Gasteiger partial charge in [-0.1, -0.05) is 11.6 Å². The summed E-state index contributed by atoms with van der Waals surface area (Å²) in [5.41, 5.74) is 1.90. The van der Waals surface area contributed by atoms with Crippen molar-refractivity contribution in [3.05, 3.63) is 52.0 Å². The normalized spacial score (nSPS) is 10.1. The molecule has 2 rings (SSSR count). The second-order valence-corrected chi connectivity index (χ2v) is 4.49. The Balaban J connectivity index is 1.97. The SMILES string of the molecule is Clc1ccc(NCc2ccc(Br)cn2)cn1. The Bertz CT molecular complexity index is 410. The molecule has 0 aliphatic heterocycles. The molecule has 2 aromatic heterocycles. The Morgan fingerprint density at radius 3 is 2.62 bits per heavy atom. The first-order valence-corrected chi connectivity index (χ1v) is 5.87. The Labute approximate surface area is 107 Å². The standard InChI is InChI=1S/C11H9BrClN3/c12-8-1-2-9(14-5-8)6-15-10-3-4-11(13)16-7-10/h1-5,7,15H,6H2. The number of anilines is 1. The highest BCUT2D eigenvalue weighted by atomic mass is 79.9. The number of nitrogens with zero attached hydrogens (tertiary/aromatic N) is 2. The molecule has 0 fully saturated rings. The van der Waals surface area contributed by atoms with Crippen LogP contribution in [0.2, 0.25) is 5.15 Å². The number of halogens is 2. The van der Waals surface area contributed by atoms with E-state index in [4.69, 9.17) is 11.6 Å². The lowest BCUT2D eigenvalue weighted by Gasteiger charge is -2.05. The molecule has 0 aliphatic rings. The summed E-state index contributed by atoms with van der Waals surface area (Å²) in [5, 5.41) is 3.70. The van der Waals surface area contributed by atoms with E-state index in [9.17, 15) is 0 Å². The molecule has 0 unspecified atom stereocenters. The van der Waals surface area contributed by atoms with Crippen molar-refractivity contribution in [1.29, 1.82) is 0 Å². The number of pyridine rings is 2. The smallest absolute Gasteiger partial charge is 0.129 e. The van der Waals surface area contributed by atoms with Crippen molar-refractivity contribution < 1.29 is 0 Å². The summed E-state index contributed by atoms with van der Waals surface area (Å²) >= 11 is 9.03. The summed E-state index contributed by atoms with van der Waals surface area (Å²) in [7, 11) is 0. The second kappa shape index (κ2) is 5.27. The number of hydrogen-bond donors (Lipinski definition) is 1. The van der Waals surface area contributed by atoms with Crippen molar-refractivity contribution in [1.82, 2.24) is 9.97 Å². The third kappa shape index (κ3) is 3.18. The fraction of sp³-hybridized carbons (Fsp3) is 0.0909. The molecule has 0 saturated carbocycles. The van der Waals surface area contributed by atoms with Gasteiger partial charge < -0.3 is 5.32 Å². The van der Waals surface area contributed by atoms with Gasteiger partial charge in [0.15, 0.2) is 0 Å². The molecule has 0 saturated heterocycles. The molecule has 0 atom stereocenters. The van der Waals surface area contributed by atoms with Crippen LogP contribution in [0.4, 0.5) is 5.69 Å². The molecule has 0 aliphatic carbocycles. The highest BCUT2D eigenvalue weighted by Gasteiger charge is 1.96. The Hall–Kier alpha value is -1.13. The van der Waals surface area contributed by atoms with Crippen molar-refractivity contribution in [2.45, 2.75) is 6.54 Å². The van der Waals surface area contributed by atoms with Gasteiger partial charge in [-0.05, 0) is 40.2 Å². The zero-order valence-corrected chi connectivity index (χ0v) is 10.7. The molecular formula is C11H9BrClN3. The predicted octanol–water partition coefficient (Wildman–Crippen LogP) is 3.50. The number of hydrogen-bond acceptors (Lipinski definition) is 3. The lowest BCUT2D eigenvalue weighted by Crippen LogP contribution is -2.01. The van der Waals surface area contributed by atoms with Gasteiger partial charge in [0.2, 0.25) is 0 Å². The van der Waals surface area contributed by atoms with Gasteiger partial charge in [-0.3, -0.25) is 4.98 Å². The average Bonchev–Trinajstić information content (AvgIpc) is 2.30. The van der Waals surface area contributed by atoms with E-state index in [0.29, 0.717) is 11.7 Å². The maximum atomic E-state index is 5.69. The molecule has 3 nitrogen and oxygen atoms in total. The molecule has 16 heavy (non-hydrogen) atoms. The third-order valence-electron chi connectivity index (χ3n) is 1.99. The highest BCUT2D eigenvalue weighted by molar-refractivity contribution is 9.10. The van der Waals surface area contributed by atoms with E-state index in [1.807, 2.05) is 18.2 Å². The summed E-state index contributed by atoms with van der Waals surface area (Å²) in [6, 6.07) is 7.55. The summed E-state index contributed by atoms with van der Waals surface area (Å²) in [6.45, 7) is 0.663. The van der Waals surface area contributed by atoms with Gasteiger partial charge in [-0.2, -0.15) is 0 Å². The predicted molar refractivity (Wildman–Crippen MR) is 68.5 cm³/mol. The molecule has 2 aromatic rings. The first kappa shape index (κ1) is 11.4. The van der Waals surface area contributed by atoms with Crippen LogP contribution < -0.4 is 5.32 Å². The number of aromatic nitrogens is 2. The van der Waals surface area contributed by atoms with Crippen LogP contribution >= 0.6 is 27.5 Å². The minimum Gasteiger partial charge on any atom is -0.378 e. The topological polar surface area (TPSA) is 37.8 Å². The Kier molecular flexibility index (Phi) is 3.74. The number of nitrogens with one attached hydrogen (secondary N) is 1. The zero-order valence-electron chi connectivity index (χ0n) is 8.32. The van der Waals surface area contributed by atoms with E-state index in [1.165, 1.54) is 0 Å². The van der Waals surface area contributed by atoms with E-state index in [2.05, 4.69) is 31.2 Å². The second-order valence-electron chi connectivity index (χ2n) is 3.19. The van der Waals surface area contributed by atoms with Crippen LogP contribution in [0.5, 0.6) is 0 Å². The molecule has 1 N–H and O–H groups in total. The molecule has 5 heteroatoms. The van der Waals surface area contributed by atoms with Gasteiger partial charge >= 0.3 is 0 Å². The van der Waals surface area contributed by atoms with Crippen molar-refractivity contribution in [3.8, 4) is 0 Å². The minimum absolute atomic E-state index is 0.493. The van der Waals surface area contributed by atoms with Crippen molar-refractivity contribution in [2.75, 3.05) is 5.32 Å². The molecule has 0 bridgehead atoms. The minimum atomic E-state index is 0.493. The van der Waals surface area contributed by atoms with E-state index in [1.54, 1.807) is 18.5 Å². The quantitative estimate of drug-likeness (QED) is 0.881. The van der Waals surface area contributed by atoms with Crippen LogP contribution in [0.15, 0.2) is 41.1 Å². The average molecular weight is 299 g/mol. The monoisotopic (exact) mass is 297 g/mol. The van der Waals surface area contributed by atoms with Crippen LogP contribution in [0.1, 0.15) is 5.69 Å². The van der Waals surface area contributed by atoms with Crippen LogP contribution in [-0.2, 0) is 6.54 Å². The van der Waals surface area contributed by atoms with Gasteiger partial charge in [-0.25, -0.2) is 4.98 Å². The molecule has 82 valence electrons. The van der Waals surface area contributed by atoms with Gasteiger partial charge in [0.25, 0.3) is 0 Å². The summed E-state index contributed by atoms with van der Waals surface area (Å²) in [4.78, 5) is 8.24. The molecule has 0 amide bonds. The van der Waals surface area contributed by atoms with E-state index >= 15 is 0 Å². The van der Waals surface area contributed by atoms with Crippen LogP contribution in [0, 0.1) is 0 Å². The van der Waals surface area contributed by atoms with Gasteiger partial charge in [-0.15, -0.1) is 0 Å². The van der Waals surface area contributed by atoms with Gasteiger partial charge in [0, 0.05) is 10.7 Å². The van der Waals surface area contributed by atoms with Crippen LogP contribution in [-0.4, -0.2) is 9.97 Å². The molecule has 0 spiro atoms. The Morgan fingerprint density at radius 1 is 1.12 bits per heavy atom. The van der Waals surface area contributed by atoms with E-state index in [-0.39, 0.29) is 0 Å². The third-order valence-corrected chi connectivity index (χ3v) is 2.68. The fourth-order valence-corrected chi connectivity index (χ4v) is 1.53. The summed E-state index contributed by atoms with van der Waals surface area (Å²) in [5.74, 6) is 0. The molecule has 2 heterocycles.